The van der Waals surface area contributed by atoms with Gasteiger partial charge in [0.15, 0.2) is 0 Å². The molecule has 21 heavy (non-hydrogen) atoms. The van der Waals surface area contributed by atoms with Crippen molar-refractivity contribution in [2.75, 3.05) is 11.3 Å². The molecule has 2 aromatic rings. The molecule has 0 spiro atoms. The van der Waals surface area contributed by atoms with E-state index in [0.717, 1.165) is 0 Å². The number of hydrogen-bond acceptors (Lipinski definition) is 5. The Balaban J connectivity index is 2.10. The number of benzene rings is 1. The molecule has 1 aromatic carbocycles. The average Bonchev–Trinajstić information content (AvgIpc) is 2.84. The van der Waals surface area contributed by atoms with Gasteiger partial charge < -0.3 is 10.5 Å². The monoisotopic (exact) mass is 309 g/mol. The largest absolute Gasteiger partial charge is 0.486 e. The first kappa shape index (κ1) is 14.9. The molecule has 9 heteroatoms. The van der Waals surface area contributed by atoms with Gasteiger partial charge in [-0.05, 0) is 31.2 Å². The van der Waals surface area contributed by atoms with Crippen molar-refractivity contribution >= 4 is 21.5 Å². The molecule has 0 amide bonds. The van der Waals surface area contributed by atoms with Crippen molar-refractivity contribution in [3.63, 3.8) is 0 Å². The Kier molecular flexibility index (Phi) is 4.13. The molecule has 0 saturated heterocycles. The van der Waals surface area contributed by atoms with Crippen LogP contribution in [0.15, 0.2) is 35.4 Å². The van der Waals surface area contributed by atoms with Gasteiger partial charge in [0.05, 0.1) is 11.9 Å². The fraction of sp³-hybridized carbons (Fsp3) is 0.167. The minimum absolute atomic E-state index is 0.0146. The molecular weight excluding hydrogens is 294 g/mol. The third-order valence-corrected chi connectivity index (χ3v) is 4.07. The van der Waals surface area contributed by atoms with Crippen LogP contribution < -0.4 is 15.2 Å². The SMILES string of the molecule is Cc1[nH]ncc1S(=O)(=O)Nc1ccc(OCC(=N)N)cc1. The lowest BCUT2D eigenvalue weighted by molar-refractivity contribution is 0.374. The third kappa shape index (κ3) is 3.72. The van der Waals surface area contributed by atoms with E-state index in [1.807, 2.05) is 0 Å². The number of nitrogens with zero attached hydrogens (tertiary/aromatic N) is 1. The number of hydrogen-bond donors (Lipinski definition) is 4. The highest BCUT2D eigenvalue weighted by Crippen LogP contribution is 2.20. The van der Waals surface area contributed by atoms with E-state index in [9.17, 15) is 8.42 Å². The Morgan fingerprint density at radius 3 is 2.62 bits per heavy atom. The van der Waals surface area contributed by atoms with Crippen LogP contribution in [0, 0.1) is 12.3 Å². The van der Waals surface area contributed by atoms with Gasteiger partial charge >= 0.3 is 0 Å². The van der Waals surface area contributed by atoms with E-state index < -0.39 is 10.0 Å². The molecule has 0 saturated carbocycles. The van der Waals surface area contributed by atoms with Crippen LogP contribution in [0.2, 0.25) is 0 Å². The summed E-state index contributed by atoms with van der Waals surface area (Å²) in [5.74, 6) is 0.405. The zero-order chi connectivity index (χ0) is 15.5. The number of H-pyrrole nitrogens is 1. The Morgan fingerprint density at radius 2 is 2.10 bits per heavy atom. The number of nitrogens with one attached hydrogen (secondary N) is 3. The first-order chi connectivity index (χ1) is 9.88. The summed E-state index contributed by atoms with van der Waals surface area (Å²) in [6, 6.07) is 6.29. The number of aromatic amines is 1. The van der Waals surface area contributed by atoms with Gasteiger partial charge in [-0.15, -0.1) is 0 Å². The molecule has 2 rings (SSSR count). The smallest absolute Gasteiger partial charge is 0.265 e. The number of sulfonamides is 1. The summed E-state index contributed by atoms with van der Waals surface area (Å²) in [6.07, 6.45) is 1.25. The van der Waals surface area contributed by atoms with Crippen LogP contribution in [0.1, 0.15) is 5.69 Å². The van der Waals surface area contributed by atoms with Gasteiger partial charge in [0, 0.05) is 5.69 Å². The zero-order valence-corrected chi connectivity index (χ0v) is 12.1. The number of nitrogens with two attached hydrogens (primary N) is 1. The lowest BCUT2D eigenvalue weighted by Crippen LogP contribution is -2.19. The highest BCUT2D eigenvalue weighted by atomic mass is 32.2. The van der Waals surface area contributed by atoms with Crippen molar-refractivity contribution in [1.82, 2.24) is 10.2 Å². The second kappa shape index (κ2) is 5.83. The molecule has 0 aliphatic carbocycles. The Bertz CT molecular complexity index is 737. The van der Waals surface area contributed by atoms with Gasteiger partial charge in [0.1, 0.15) is 23.1 Å². The first-order valence-corrected chi connectivity index (χ1v) is 7.45. The molecule has 0 fully saturated rings. The van der Waals surface area contributed by atoms with E-state index in [1.54, 1.807) is 31.2 Å². The summed E-state index contributed by atoms with van der Waals surface area (Å²) in [5.41, 5.74) is 6.04. The molecular formula is C12H15N5O3S. The van der Waals surface area contributed by atoms with Crippen LogP contribution in [-0.4, -0.2) is 31.1 Å². The number of amidine groups is 1. The number of aryl methyl sites for hydroxylation is 1. The Labute approximate surface area is 121 Å². The van der Waals surface area contributed by atoms with Crippen molar-refractivity contribution in [3.8, 4) is 5.75 Å². The lowest BCUT2D eigenvalue weighted by Gasteiger charge is -2.09. The van der Waals surface area contributed by atoms with Gasteiger partial charge in [-0.2, -0.15) is 5.10 Å². The van der Waals surface area contributed by atoms with Crippen LogP contribution in [0.25, 0.3) is 0 Å². The van der Waals surface area contributed by atoms with E-state index in [-0.39, 0.29) is 17.3 Å². The average molecular weight is 309 g/mol. The number of rotatable bonds is 6. The van der Waals surface area contributed by atoms with E-state index in [0.29, 0.717) is 17.1 Å². The van der Waals surface area contributed by atoms with Crippen molar-refractivity contribution in [3.05, 3.63) is 36.2 Å². The topological polar surface area (TPSA) is 134 Å². The van der Waals surface area contributed by atoms with Gasteiger partial charge in [0.2, 0.25) is 0 Å². The van der Waals surface area contributed by atoms with Crippen LogP contribution >= 0.6 is 0 Å². The number of anilines is 1. The molecule has 1 aromatic heterocycles. The van der Waals surface area contributed by atoms with Crippen LogP contribution in [-0.2, 0) is 10.0 Å². The highest BCUT2D eigenvalue weighted by Gasteiger charge is 2.18. The van der Waals surface area contributed by atoms with Gasteiger partial charge in [-0.25, -0.2) is 8.42 Å². The summed E-state index contributed by atoms with van der Waals surface area (Å²) in [5, 5.41) is 13.3. The predicted octanol–water partition coefficient (Wildman–Crippen LogP) is 0.834. The maximum absolute atomic E-state index is 12.1. The molecule has 0 aliphatic heterocycles. The van der Waals surface area contributed by atoms with Crippen LogP contribution in [0.3, 0.4) is 0 Å². The molecule has 8 nitrogen and oxygen atoms in total. The summed E-state index contributed by atoms with van der Waals surface area (Å²) in [7, 11) is -3.68. The number of ether oxygens (including phenoxy) is 1. The van der Waals surface area contributed by atoms with Crippen LogP contribution in [0.4, 0.5) is 5.69 Å². The molecule has 0 aliphatic rings. The third-order valence-electron chi connectivity index (χ3n) is 2.57. The van der Waals surface area contributed by atoms with Gasteiger partial charge in [0.25, 0.3) is 10.0 Å². The zero-order valence-electron chi connectivity index (χ0n) is 11.3. The second-order valence-electron chi connectivity index (χ2n) is 4.30. The second-order valence-corrected chi connectivity index (χ2v) is 5.95. The quantitative estimate of drug-likeness (QED) is 0.463. The van der Waals surface area contributed by atoms with Crippen molar-refractivity contribution < 1.29 is 13.2 Å². The minimum atomic E-state index is -3.68. The van der Waals surface area contributed by atoms with E-state index in [1.165, 1.54) is 6.20 Å². The fourth-order valence-corrected chi connectivity index (χ4v) is 2.80. The molecule has 0 atom stereocenters. The predicted molar refractivity (Wildman–Crippen MR) is 78.0 cm³/mol. The number of aromatic nitrogens is 2. The van der Waals surface area contributed by atoms with E-state index in [4.69, 9.17) is 15.9 Å². The molecule has 0 unspecified atom stereocenters. The molecule has 112 valence electrons. The van der Waals surface area contributed by atoms with E-state index >= 15 is 0 Å². The van der Waals surface area contributed by atoms with Gasteiger partial charge in [-0.1, -0.05) is 0 Å². The van der Waals surface area contributed by atoms with Crippen molar-refractivity contribution in [2.24, 2.45) is 5.73 Å². The van der Waals surface area contributed by atoms with E-state index in [2.05, 4.69) is 14.9 Å². The maximum atomic E-state index is 12.1. The summed E-state index contributed by atoms with van der Waals surface area (Å²) < 4.78 is 31.9. The first-order valence-electron chi connectivity index (χ1n) is 5.97. The highest BCUT2D eigenvalue weighted by molar-refractivity contribution is 7.92. The standard InChI is InChI=1S/C12H15N5O3S/c1-8-11(6-15-16-8)21(18,19)17-9-2-4-10(5-3-9)20-7-12(13)14/h2-6,17H,7H2,1H3,(H3,13,14)(H,15,16). The Morgan fingerprint density at radius 1 is 1.43 bits per heavy atom. The van der Waals surface area contributed by atoms with Crippen molar-refractivity contribution in [2.45, 2.75) is 11.8 Å². The minimum Gasteiger partial charge on any atom is -0.486 e. The summed E-state index contributed by atoms with van der Waals surface area (Å²) >= 11 is 0. The molecule has 1 heterocycles. The maximum Gasteiger partial charge on any atom is 0.265 e. The lowest BCUT2D eigenvalue weighted by atomic mass is 10.3. The van der Waals surface area contributed by atoms with Gasteiger partial charge in [-0.3, -0.25) is 15.2 Å². The Hall–Kier alpha value is -2.55. The fourth-order valence-electron chi connectivity index (χ4n) is 1.60. The normalized spacial score (nSPS) is 11.1. The van der Waals surface area contributed by atoms with Crippen LogP contribution in [0.5, 0.6) is 5.75 Å². The molecule has 5 N–H and O–H groups in total. The van der Waals surface area contributed by atoms with Crippen molar-refractivity contribution in [1.29, 1.82) is 5.41 Å². The molecule has 0 bridgehead atoms. The molecule has 0 radical (unpaired) electrons. The summed E-state index contributed by atoms with van der Waals surface area (Å²) in [4.78, 5) is 0.0967. The summed E-state index contributed by atoms with van der Waals surface area (Å²) in [6.45, 7) is 1.61.